The van der Waals surface area contributed by atoms with Gasteiger partial charge < -0.3 is 0 Å². The summed E-state index contributed by atoms with van der Waals surface area (Å²) < 4.78 is 26.2. The summed E-state index contributed by atoms with van der Waals surface area (Å²) in [5, 5.41) is 0. The molecule has 0 aromatic carbocycles. The van der Waals surface area contributed by atoms with Crippen LogP contribution in [0.15, 0.2) is 0 Å². The lowest BCUT2D eigenvalue weighted by Gasteiger charge is -2.10. The van der Waals surface area contributed by atoms with Crippen LogP contribution in [0.5, 0.6) is 0 Å². The number of hydrogen-bond acceptors (Lipinski definition) is 0. The van der Waals surface area contributed by atoms with Crippen molar-refractivity contribution in [3.05, 3.63) is 0 Å². The Morgan fingerprint density at radius 2 is 1.31 bits per heavy atom. The monoisotopic (exact) mass is 208 g/mol. The molecule has 0 N–H and O–H groups in total. The van der Waals surface area contributed by atoms with Crippen LogP contribution in [-0.4, -0.2) is 21.1 Å². The van der Waals surface area contributed by atoms with Crippen LogP contribution in [0.1, 0.15) is 52.4 Å². The van der Waals surface area contributed by atoms with Crippen molar-refractivity contribution >= 4 is 9.52 Å². The van der Waals surface area contributed by atoms with Crippen LogP contribution in [0.25, 0.3) is 0 Å². The summed E-state index contributed by atoms with van der Waals surface area (Å²) in [5.74, 6) is -1.57. The average Bonchev–Trinajstić information content (AvgIpc) is 2.11. The quantitative estimate of drug-likeness (QED) is 0.538. The number of halogens is 2. The fourth-order valence-electron chi connectivity index (χ4n) is 1.36. The molecule has 0 fully saturated rings. The van der Waals surface area contributed by atoms with Crippen molar-refractivity contribution in [2.75, 3.05) is 0 Å². The molecule has 0 saturated carbocycles. The molecular weight excluding hydrogens is 186 g/mol. The smallest absolute Gasteiger partial charge is 0.103 e. The molecule has 0 aliphatic rings. The Balaban J connectivity index is 3.35. The third-order valence-electron chi connectivity index (χ3n) is 2.25. The third-order valence-corrected chi connectivity index (χ3v) is 4.09. The molecule has 0 saturated heterocycles. The van der Waals surface area contributed by atoms with Crippen LogP contribution in [0.4, 0.5) is 8.78 Å². The van der Waals surface area contributed by atoms with Crippen molar-refractivity contribution in [3.63, 3.8) is 0 Å². The van der Waals surface area contributed by atoms with E-state index in [0.29, 0.717) is 12.8 Å². The number of rotatable bonds is 8. The average molecular weight is 208 g/mol. The fourth-order valence-corrected chi connectivity index (χ4v) is 2.97. The molecule has 3 heteroatoms. The minimum Gasteiger partial charge on any atom is -0.252 e. The lowest BCUT2D eigenvalue weighted by Crippen LogP contribution is -2.22. The second kappa shape index (κ2) is 8.67. The summed E-state index contributed by atoms with van der Waals surface area (Å²) in [7, 11) is -1.11. The summed E-state index contributed by atoms with van der Waals surface area (Å²) in [6.45, 7) is 4.08. The van der Waals surface area contributed by atoms with Crippen LogP contribution < -0.4 is 0 Å². The van der Waals surface area contributed by atoms with E-state index in [1.165, 1.54) is 0 Å². The first kappa shape index (κ1) is 13.1. The van der Waals surface area contributed by atoms with Crippen molar-refractivity contribution in [1.82, 2.24) is 0 Å². The van der Waals surface area contributed by atoms with E-state index in [4.69, 9.17) is 0 Å². The summed E-state index contributed by atoms with van der Waals surface area (Å²) in [6.07, 6.45) is 5.04. The predicted molar refractivity (Wildman–Crippen MR) is 57.4 cm³/mol. The topological polar surface area (TPSA) is 0 Å². The first-order chi connectivity index (χ1) is 6.20. The number of alkyl halides is 2. The van der Waals surface area contributed by atoms with E-state index in [2.05, 4.69) is 0 Å². The first-order valence-corrected chi connectivity index (χ1v) is 7.12. The molecule has 0 spiro atoms. The zero-order valence-corrected chi connectivity index (χ0v) is 10.3. The van der Waals surface area contributed by atoms with Gasteiger partial charge >= 0.3 is 0 Å². The van der Waals surface area contributed by atoms with Crippen molar-refractivity contribution in [3.8, 4) is 0 Å². The highest BCUT2D eigenvalue weighted by Crippen LogP contribution is 2.09. The highest BCUT2D eigenvalue weighted by Gasteiger charge is 2.14. The van der Waals surface area contributed by atoms with Crippen molar-refractivity contribution in [2.24, 2.45) is 0 Å². The van der Waals surface area contributed by atoms with Crippen LogP contribution in [-0.2, 0) is 0 Å². The Kier molecular flexibility index (Phi) is 8.72. The van der Waals surface area contributed by atoms with Gasteiger partial charge in [-0.1, -0.05) is 39.5 Å². The molecule has 0 aliphatic heterocycles. The van der Waals surface area contributed by atoms with Gasteiger partial charge in [-0.2, -0.15) is 0 Å². The second-order valence-corrected chi connectivity index (χ2v) is 5.96. The minimum atomic E-state index is -1.11. The highest BCUT2D eigenvalue weighted by molar-refractivity contribution is 6.38. The maximum atomic E-state index is 13.1. The van der Waals surface area contributed by atoms with E-state index in [-0.39, 0.29) is 0 Å². The molecule has 0 aliphatic carbocycles. The van der Waals surface area contributed by atoms with Crippen LogP contribution in [0, 0.1) is 0 Å². The SMILES string of the molecule is CCCCC(F)[SiH2]C(F)CCCC. The van der Waals surface area contributed by atoms with E-state index < -0.39 is 21.1 Å². The largest absolute Gasteiger partial charge is 0.252 e. The lowest BCUT2D eigenvalue weighted by molar-refractivity contribution is 0.360. The van der Waals surface area contributed by atoms with Crippen molar-refractivity contribution in [1.29, 1.82) is 0 Å². The first-order valence-electron chi connectivity index (χ1n) is 5.48. The Hall–Kier alpha value is 0.0769. The summed E-state index contributed by atoms with van der Waals surface area (Å²) in [5.41, 5.74) is 0. The van der Waals surface area contributed by atoms with Gasteiger partial charge in [-0.05, 0) is 12.8 Å². The maximum absolute atomic E-state index is 13.1. The lowest BCUT2D eigenvalue weighted by atomic mass is 10.3. The maximum Gasteiger partial charge on any atom is 0.103 e. The molecule has 0 radical (unpaired) electrons. The second-order valence-electron chi connectivity index (χ2n) is 3.71. The van der Waals surface area contributed by atoms with Gasteiger partial charge in [0.2, 0.25) is 0 Å². The van der Waals surface area contributed by atoms with Gasteiger partial charge in [0.15, 0.2) is 0 Å². The highest BCUT2D eigenvalue weighted by atomic mass is 28.2. The zero-order valence-electron chi connectivity index (χ0n) is 8.86. The molecule has 0 amide bonds. The van der Waals surface area contributed by atoms with Gasteiger partial charge in [0.25, 0.3) is 0 Å². The van der Waals surface area contributed by atoms with E-state index >= 15 is 0 Å². The van der Waals surface area contributed by atoms with Gasteiger partial charge in [-0.25, -0.2) is 0 Å². The predicted octanol–water partition coefficient (Wildman–Crippen LogP) is 3.13. The van der Waals surface area contributed by atoms with Gasteiger partial charge in [-0.15, -0.1) is 0 Å². The summed E-state index contributed by atoms with van der Waals surface area (Å²) >= 11 is 0. The van der Waals surface area contributed by atoms with E-state index in [1.54, 1.807) is 0 Å². The molecular formula is C10H22F2Si. The van der Waals surface area contributed by atoms with Crippen LogP contribution in [0.3, 0.4) is 0 Å². The molecule has 0 aromatic rings. The Morgan fingerprint density at radius 3 is 1.62 bits per heavy atom. The summed E-state index contributed by atoms with van der Waals surface area (Å²) in [6, 6.07) is 0. The third kappa shape index (κ3) is 8.41. The molecule has 13 heavy (non-hydrogen) atoms. The van der Waals surface area contributed by atoms with E-state index in [9.17, 15) is 8.78 Å². The van der Waals surface area contributed by atoms with Gasteiger partial charge in [0.1, 0.15) is 9.52 Å². The number of unbranched alkanes of at least 4 members (excludes halogenated alkanes) is 2. The summed E-state index contributed by atoms with van der Waals surface area (Å²) in [4.78, 5) is 0. The Bertz CT molecular complexity index is 97.1. The number of hydrogen-bond donors (Lipinski definition) is 0. The Morgan fingerprint density at radius 1 is 0.923 bits per heavy atom. The molecule has 0 aromatic heterocycles. The normalized spacial score (nSPS) is 16.6. The molecule has 2 atom stereocenters. The molecule has 0 bridgehead atoms. The zero-order chi connectivity index (χ0) is 10.1. The van der Waals surface area contributed by atoms with Crippen LogP contribution >= 0.6 is 0 Å². The standard InChI is InChI=1S/C10H22F2Si/c1-3-5-7-9(11)13-10(12)8-6-4-2/h9-10H,3-8,13H2,1-2H3. The molecule has 0 rings (SSSR count). The van der Waals surface area contributed by atoms with Crippen molar-refractivity contribution < 1.29 is 8.78 Å². The van der Waals surface area contributed by atoms with Crippen LogP contribution in [0.2, 0.25) is 0 Å². The molecule has 0 nitrogen and oxygen atoms in total. The molecule has 80 valence electrons. The molecule has 0 heterocycles. The van der Waals surface area contributed by atoms with Crippen molar-refractivity contribution in [2.45, 2.75) is 64.0 Å². The minimum absolute atomic E-state index is 0.593. The van der Waals surface area contributed by atoms with E-state index in [1.807, 2.05) is 13.8 Å². The van der Waals surface area contributed by atoms with Gasteiger partial charge in [0.05, 0.1) is 11.6 Å². The van der Waals surface area contributed by atoms with E-state index in [0.717, 1.165) is 25.7 Å². The van der Waals surface area contributed by atoms with Gasteiger partial charge in [-0.3, -0.25) is 8.78 Å². The fraction of sp³-hybridized carbons (Fsp3) is 1.00. The van der Waals surface area contributed by atoms with Gasteiger partial charge in [0, 0.05) is 0 Å². The molecule has 2 unspecified atom stereocenters. The Labute approximate surface area is 82.9 Å².